The van der Waals surface area contributed by atoms with Gasteiger partial charge in [0, 0.05) is 38.5 Å². The van der Waals surface area contributed by atoms with Crippen molar-refractivity contribution < 1.29 is 14.1 Å². The Labute approximate surface area is 136 Å². The number of amides is 2. The van der Waals surface area contributed by atoms with Crippen LogP contribution in [0.25, 0.3) is 0 Å². The van der Waals surface area contributed by atoms with Crippen molar-refractivity contribution in [3.8, 4) is 0 Å². The summed E-state index contributed by atoms with van der Waals surface area (Å²) in [4.78, 5) is 21.0. The maximum atomic E-state index is 12.6. The summed E-state index contributed by atoms with van der Waals surface area (Å²) in [6.45, 7) is 4.34. The van der Waals surface area contributed by atoms with Gasteiger partial charge in [-0.3, -0.25) is 0 Å². The fourth-order valence-corrected chi connectivity index (χ4v) is 3.47. The zero-order valence-corrected chi connectivity index (χ0v) is 13.4. The summed E-state index contributed by atoms with van der Waals surface area (Å²) in [5.74, 6) is 2.55. The van der Waals surface area contributed by atoms with Crippen LogP contribution in [0.2, 0.25) is 0 Å². The van der Waals surface area contributed by atoms with Gasteiger partial charge in [-0.2, -0.15) is 4.98 Å². The summed E-state index contributed by atoms with van der Waals surface area (Å²) in [7, 11) is 0. The Kier molecular flexibility index (Phi) is 4.20. The van der Waals surface area contributed by atoms with Crippen molar-refractivity contribution in [1.29, 1.82) is 0 Å². The van der Waals surface area contributed by atoms with E-state index in [-0.39, 0.29) is 6.03 Å². The molecule has 2 saturated heterocycles. The number of ether oxygens (including phenoxy) is 1. The van der Waals surface area contributed by atoms with Gasteiger partial charge in [0.2, 0.25) is 5.89 Å². The van der Waals surface area contributed by atoms with Crippen LogP contribution in [-0.4, -0.2) is 65.4 Å². The number of piperidine rings is 1. The Bertz CT molecular complexity index is 551. The normalized spacial score (nSPS) is 25.7. The van der Waals surface area contributed by atoms with Crippen LogP contribution in [0.3, 0.4) is 0 Å². The number of aromatic nitrogens is 2. The number of carbonyl (C=O) groups is 1. The summed E-state index contributed by atoms with van der Waals surface area (Å²) in [6.07, 6.45) is 5.32. The fourth-order valence-electron chi connectivity index (χ4n) is 3.47. The first-order valence-electron chi connectivity index (χ1n) is 8.73. The molecule has 3 heterocycles. The highest BCUT2D eigenvalue weighted by Gasteiger charge is 2.31. The van der Waals surface area contributed by atoms with Crippen molar-refractivity contribution in [3.63, 3.8) is 0 Å². The van der Waals surface area contributed by atoms with E-state index < -0.39 is 0 Å². The maximum absolute atomic E-state index is 12.6. The Balaban J connectivity index is 1.33. The second kappa shape index (κ2) is 6.47. The molecule has 1 saturated carbocycles. The predicted molar refractivity (Wildman–Crippen MR) is 82.1 cm³/mol. The van der Waals surface area contributed by atoms with Crippen LogP contribution in [0.4, 0.5) is 4.79 Å². The van der Waals surface area contributed by atoms with Gasteiger partial charge in [0.1, 0.15) is 0 Å². The lowest BCUT2D eigenvalue weighted by molar-refractivity contribution is 0.0389. The van der Waals surface area contributed by atoms with Crippen LogP contribution >= 0.6 is 0 Å². The van der Waals surface area contributed by atoms with Crippen molar-refractivity contribution in [1.82, 2.24) is 19.9 Å². The van der Waals surface area contributed by atoms with E-state index in [9.17, 15) is 4.79 Å². The number of urea groups is 1. The van der Waals surface area contributed by atoms with E-state index >= 15 is 0 Å². The SMILES string of the molecule is O=C(N1CCOCC1)N1CCCC(Cc2nc(C3CC3)no2)C1. The van der Waals surface area contributed by atoms with Gasteiger partial charge in [-0.25, -0.2) is 4.79 Å². The van der Waals surface area contributed by atoms with Crippen molar-refractivity contribution >= 4 is 6.03 Å². The van der Waals surface area contributed by atoms with E-state index in [0.29, 0.717) is 38.1 Å². The van der Waals surface area contributed by atoms with E-state index in [4.69, 9.17) is 9.26 Å². The van der Waals surface area contributed by atoms with Gasteiger partial charge in [0.15, 0.2) is 5.82 Å². The second-order valence-corrected chi connectivity index (χ2v) is 6.86. The first-order chi connectivity index (χ1) is 11.3. The highest BCUT2D eigenvalue weighted by Crippen LogP contribution is 2.38. The number of rotatable bonds is 3. The minimum absolute atomic E-state index is 0.155. The highest BCUT2D eigenvalue weighted by atomic mass is 16.5. The van der Waals surface area contributed by atoms with E-state index in [0.717, 1.165) is 44.1 Å². The lowest BCUT2D eigenvalue weighted by atomic mass is 9.95. The molecule has 0 radical (unpaired) electrons. The molecule has 0 aromatic carbocycles. The molecule has 1 aromatic rings. The van der Waals surface area contributed by atoms with Gasteiger partial charge in [0.05, 0.1) is 13.2 Å². The zero-order chi connectivity index (χ0) is 15.6. The standard InChI is InChI=1S/C16H24N4O3/c21-16(19-6-8-22-9-7-19)20-5-1-2-12(11-20)10-14-17-15(18-23-14)13-3-4-13/h12-13H,1-11H2. The molecule has 1 aliphatic carbocycles. The molecule has 0 bridgehead atoms. The van der Waals surface area contributed by atoms with E-state index in [1.807, 2.05) is 9.80 Å². The van der Waals surface area contributed by atoms with Crippen molar-refractivity contribution in [2.45, 2.75) is 38.0 Å². The minimum Gasteiger partial charge on any atom is -0.378 e. The number of hydrogen-bond acceptors (Lipinski definition) is 5. The lowest BCUT2D eigenvalue weighted by Gasteiger charge is -2.37. The molecule has 126 valence electrons. The molecule has 7 heteroatoms. The largest absolute Gasteiger partial charge is 0.378 e. The smallest absolute Gasteiger partial charge is 0.320 e. The van der Waals surface area contributed by atoms with Crippen molar-refractivity contribution in [3.05, 3.63) is 11.7 Å². The highest BCUT2D eigenvalue weighted by molar-refractivity contribution is 5.74. The quantitative estimate of drug-likeness (QED) is 0.847. The molecule has 1 unspecified atom stereocenters. The minimum atomic E-state index is 0.155. The van der Waals surface area contributed by atoms with Gasteiger partial charge >= 0.3 is 6.03 Å². The Morgan fingerprint density at radius 2 is 1.96 bits per heavy atom. The van der Waals surface area contributed by atoms with Crippen LogP contribution in [0.15, 0.2) is 4.52 Å². The second-order valence-electron chi connectivity index (χ2n) is 6.86. The molecule has 0 spiro atoms. The third-order valence-electron chi connectivity index (χ3n) is 4.96. The molecular formula is C16H24N4O3. The first kappa shape index (κ1) is 14.9. The number of nitrogens with zero attached hydrogens (tertiary/aromatic N) is 4. The van der Waals surface area contributed by atoms with E-state index in [1.165, 1.54) is 12.8 Å². The zero-order valence-electron chi connectivity index (χ0n) is 13.4. The summed E-state index contributed by atoms with van der Waals surface area (Å²) >= 11 is 0. The average Bonchev–Trinajstić information content (AvgIpc) is 3.35. The van der Waals surface area contributed by atoms with Crippen LogP contribution in [0.1, 0.15) is 43.3 Å². The average molecular weight is 320 g/mol. The molecule has 1 aromatic heterocycles. The van der Waals surface area contributed by atoms with Crippen LogP contribution in [0.5, 0.6) is 0 Å². The van der Waals surface area contributed by atoms with Crippen molar-refractivity contribution in [2.24, 2.45) is 5.92 Å². The van der Waals surface area contributed by atoms with Crippen molar-refractivity contribution in [2.75, 3.05) is 39.4 Å². The molecule has 1 atom stereocenters. The summed E-state index contributed by atoms with van der Waals surface area (Å²) in [5, 5.41) is 4.08. The third kappa shape index (κ3) is 3.49. The Morgan fingerprint density at radius 3 is 2.74 bits per heavy atom. The van der Waals surface area contributed by atoms with Gasteiger partial charge in [0.25, 0.3) is 0 Å². The fraction of sp³-hybridized carbons (Fsp3) is 0.812. The Morgan fingerprint density at radius 1 is 1.13 bits per heavy atom. The molecule has 3 fully saturated rings. The monoisotopic (exact) mass is 320 g/mol. The number of likely N-dealkylation sites (tertiary alicyclic amines) is 1. The van der Waals surface area contributed by atoms with Crippen LogP contribution in [-0.2, 0) is 11.2 Å². The summed E-state index contributed by atoms with van der Waals surface area (Å²) < 4.78 is 10.7. The van der Waals surface area contributed by atoms with Gasteiger partial charge in [-0.05, 0) is 31.6 Å². The maximum Gasteiger partial charge on any atom is 0.320 e. The van der Waals surface area contributed by atoms with Crippen LogP contribution in [0, 0.1) is 5.92 Å². The van der Waals surface area contributed by atoms with E-state index in [1.54, 1.807) is 0 Å². The molecule has 0 N–H and O–H groups in total. The number of carbonyl (C=O) groups excluding carboxylic acids is 1. The third-order valence-corrected chi connectivity index (χ3v) is 4.96. The van der Waals surface area contributed by atoms with Crippen LogP contribution < -0.4 is 0 Å². The number of hydrogen-bond donors (Lipinski definition) is 0. The molecule has 2 aliphatic heterocycles. The molecule has 3 aliphatic rings. The van der Waals surface area contributed by atoms with Gasteiger partial charge in [-0.1, -0.05) is 5.16 Å². The van der Waals surface area contributed by atoms with E-state index in [2.05, 4.69) is 10.1 Å². The molecular weight excluding hydrogens is 296 g/mol. The molecule has 23 heavy (non-hydrogen) atoms. The first-order valence-corrected chi connectivity index (χ1v) is 8.73. The molecule has 4 rings (SSSR count). The van der Waals surface area contributed by atoms with Gasteiger partial charge < -0.3 is 19.1 Å². The summed E-state index contributed by atoms with van der Waals surface area (Å²) in [6, 6.07) is 0.155. The predicted octanol–water partition coefficient (Wildman–Crippen LogP) is 1.65. The summed E-state index contributed by atoms with van der Waals surface area (Å²) in [5.41, 5.74) is 0. The number of morpholine rings is 1. The Hall–Kier alpha value is -1.63. The molecule has 2 amide bonds. The topological polar surface area (TPSA) is 71.7 Å². The molecule has 7 nitrogen and oxygen atoms in total. The lowest BCUT2D eigenvalue weighted by Crippen LogP contribution is -2.51. The van der Waals surface area contributed by atoms with Gasteiger partial charge in [-0.15, -0.1) is 0 Å².